The van der Waals surface area contributed by atoms with Gasteiger partial charge in [0.15, 0.2) is 0 Å². The second kappa shape index (κ2) is 7.70. The Bertz CT molecular complexity index is 534. The number of aromatic hydroxyl groups is 1. The molecule has 2 rings (SSSR count). The number of rotatable bonds is 7. The van der Waals surface area contributed by atoms with Gasteiger partial charge >= 0.3 is 0 Å². The van der Waals surface area contributed by atoms with E-state index in [4.69, 9.17) is 4.74 Å². The Labute approximate surface area is 126 Å². The topological polar surface area (TPSA) is 41.5 Å². The van der Waals surface area contributed by atoms with Crippen LogP contribution in [0.3, 0.4) is 0 Å². The van der Waals surface area contributed by atoms with Crippen LogP contribution in [0.25, 0.3) is 0 Å². The van der Waals surface area contributed by atoms with Gasteiger partial charge in [0.25, 0.3) is 0 Å². The number of phenolic OH excluding ortho intramolecular Hbond substituents is 1. The van der Waals surface area contributed by atoms with Crippen LogP contribution >= 0.6 is 0 Å². The SMILES string of the molecule is CCC(NCCc1ccc(OC)cc1)c1ccc(O)cc1. The van der Waals surface area contributed by atoms with E-state index >= 15 is 0 Å². The number of hydrogen-bond donors (Lipinski definition) is 2. The Balaban J connectivity index is 1.86. The van der Waals surface area contributed by atoms with Crippen molar-refractivity contribution in [3.63, 3.8) is 0 Å². The fourth-order valence-corrected chi connectivity index (χ4v) is 2.39. The van der Waals surface area contributed by atoms with Crippen LogP contribution in [0.1, 0.15) is 30.5 Å². The van der Waals surface area contributed by atoms with Gasteiger partial charge in [0.05, 0.1) is 7.11 Å². The Morgan fingerprint density at radius 2 is 1.71 bits per heavy atom. The van der Waals surface area contributed by atoms with Crippen LogP contribution < -0.4 is 10.1 Å². The number of methoxy groups -OCH3 is 1. The standard InChI is InChI=1S/C18H23NO2/c1-3-18(15-6-8-16(20)9-7-15)19-13-12-14-4-10-17(21-2)11-5-14/h4-11,18-20H,3,12-13H2,1-2H3. The summed E-state index contributed by atoms with van der Waals surface area (Å²) in [6.45, 7) is 3.09. The molecule has 0 spiro atoms. The summed E-state index contributed by atoms with van der Waals surface area (Å²) in [5.41, 5.74) is 2.51. The van der Waals surface area contributed by atoms with E-state index < -0.39 is 0 Å². The average molecular weight is 285 g/mol. The highest BCUT2D eigenvalue weighted by Gasteiger charge is 2.08. The first-order valence-corrected chi connectivity index (χ1v) is 7.38. The molecule has 0 aromatic heterocycles. The van der Waals surface area contributed by atoms with Crippen LogP contribution in [0.5, 0.6) is 11.5 Å². The number of benzene rings is 2. The molecule has 0 heterocycles. The van der Waals surface area contributed by atoms with Crippen molar-refractivity contribution in [3.05, 3.63) is 59.7 Å². The normalized spacial score (nSPS) is 12.1. The molecular weight excluding hydrogens is 262 g/mol. The Morgan fingerprint density at radius 1 is 1.05 bits per heavy atom. The van der Waals surface area contributed by atoms with Gasteiger partial charge in [-0.2, -0.15) is 0 Å². The average Bonchev–Trinajstić information content (AvgIpc) is 2.53. The number of hydrogen-bond acceptors (Lipinski definition) is 3. The minimum absolute atomic E-state index is 0.312. The van der Waals surface area contributed by atoms with Crippen LogP contribution in [0.2, 0.25) is 0 Å². The van der Waals surface area contributed by atoms with Gasteiger partial charge in [0.2, 0.25) is 0 Å². The van der Waals surface area contributed by atoms with Crippen LogP contribution in [-0.2, 0) is 6.42 Å². The first-order chi connectivity index (χ1) is 10.2. The van der Waals surface area contributed by atoms with Crippen molar-refractivity contribution < 1.29 is 9.84 Å². The van der Waals surface area contributed by atoms with Gasteiger partial charge in [-0.25, -0.2) is 0 Å². The summed E-state index contributed by atoms with van der Waals surface area (Å²) in [6, 6.07) is 15.9. The van der Waals surface area contributed by atoms with E-state index in [1.165, 1.54) is 11.1 Å². The van der Waals surface area contributed by atoms with Crippen LogP contribution in [0.4, 0.5) is 0 Å². The minimum atomic E-state index is 0.312. The van der Waals surface area contributed by atoms with Crippen LogP contribution in [-0.4, -0.2) is 18.8 Å². The molecule has 0 amide bonds. The number of nitrogens with one attached hydrogen (secondary N) is 1. The largest absolute Gasteiger partial charge is 0.508 e. The number of phenols is 1. The molecule has 2 aromatic carbocycles. The summed E-state index contributed by atoms with van der Waals surface area (Å²) in [4.78, 5) is 0. The Hall–Kier alpha value is -2.00. The molecule has 21 heavy (non-hydrogen) atoms. The summed E-state index contributed by atoms with van der Waals surface area (Å²) >= 11 is 0. The van der Waals surface area contributed by atoms with E-state index in [2.05, 4.69) is 24.4 Å². The molecule has 1 unspecified atom stereocenters. The zero-order valence-corrected chi connectivity index (χ0v) is 12.7. The van der Waals surface area contributed by atoms with Crippen molar-refractivity contribution >= 4 is 0 Å². The maximum Gasteiger partial charge on any atom is 0.118 e. The lowest BCUT2D eigenvalue weighted by Crippen LogP contribution is -2.23. The molecule has 0 aliphatic rings. The summed E-state index contributed by atoms with van der Waals surface area (Å²) in [5.74, 6) is 1.20. The zero-order chi connectivity index (χ0) is 15.1. The number of ether oxygens (including phenoxy) is 1. The van der Waals surface area contributed by atoms with Crippen molar-refractivity contribution in [2.24, 2.45) is 0 Å². The van der Waals surface area contributed by atoms with E-state index in [-0.39, 0.29) is 0 Å². The quantitative estimate of drug-likeness (QED) is 0.815. The third-order valence-corrected chi connectivity index (χ3v) is 3.67. The lowest BCUT2D eigenvalue weighted by atomic mass is 10.0. The second-order valence-electron chi connectivity index (χ2n) is 5.10. The molecule has 0 fully saturated rings. The first-order valence-electron chi connectivity index (χ1n) is 7.38. The van der Waals surface area contributed by atoms with Crippen molar-refractivity contribution in [1.29, 1.82) is 0 Å². The minimum Gasteiger partial charge on any atom is -0.508 e. The zero-order valence-electron chi connectivity index (χ0n) is 12.7. The summed E-state index contributed by atoms with van der Waals surface area (Å²) in [7, 11) is 1.68. The molecule has 3 heteroatoms. The Kier molecular flexibility index (Phi) is 5.64. The van der Waals surface area contributed by atoms with Gasteiger partial charge in [0.1, 0.15) is 11.5 Å². The third-order valence-electron chi connectivity index (χ3n) is 3.67. The van der Waals surface area contributed by atoms with Gasteiger partial charge in [-0.05, 0) is 54.8 Å². The fraction of sp³-hybridized carbons (Fsp3) is 0.333. The second-order valence-corrected chi connectivity index (χ2v) is 5.10. The van der Waals surface area contributed by atoms with Crippen molar-refractivity contribution in [3.8, 4) is 11.5 Å². The maximum atomic E-state index is 9.35. The van der Waals surface area contributed by atoms with E-state index in [9.17, 15) is 5.11 Å². The fourth-order valence-electron chi connectivity index (χ4n) is 2.39. The molecule has 0 aliphatic heterocycles. The van der Waals surface area contributed by atoms with Gasteiger partial charge in [-0.15, -0.1) is 0 Å². The van der Waals surface area contributed by atoms with E-state index in [0.717, 1.165) is 25.1 Å². The van der Waals surface area contributed by atoms with E-state index in [1.807, 2.05) is 24.3 Å². The lowest BCUT2D eigenvalue weighted by Gasteiger charge is -2.17. The predicted molar refractivity (Wildman–Crippen MR) is 85.8 cm³/mol. The van der Waals surface area contributed by atoms with Gasteiger partial charge in [0, 0.05) is 6.04 Å². The van der Waals surface area contributed by atoms with Crippen molar-refractivity contribution in [2.45, 2.75) is 25.8 Å². The molecule has 3 nitrogen and oxygen atoms in total. The third kappa shape index (κ3) is 4.50. The van der Waals surface area contributed by atoms with Gasteiger partial charge in [-0.1, -0.05) is 31.2 Å². The summed E-state index contributed by atoms with van der Waals surface area (Å²) in [5, 5.41) is 12.9. The summed E-state index contributed by atoms with van der Waals surface area (Å²) in [6.07, 6.45) is 2.01. The molecular formula is C18H23NO2. The molecule has 2 aromatic rings. The highest BCUT2D eigenvalue weighted by molar-refractivity contribution is 5.29. The van der Waals surface area contributed by atoms with Crippen molar-refractivity contribution in [2.75, 3.05) is 13.7 Å². The first kappa shape index (κ1) is 15.4. The molecule has 0 saturated heterocycles. The highest BCUT2D eigenvalue weighted by Crippen LogP contribution is 2.19. The van der Waals surface area contributed by atoms with E-state index in [1.54, 1.807) is 19.2 Å². The Morgan fingerprint density at radius 3 is 2.29 bits per heavy atom. The van der Waals surface area contributed by atoms with Crippen LogP contribution in [0.15, 0.2) is 48.5 Å². The van der Waals surface area contributed by atoms with Gasteiger partial charge in [-0.3, -0.25) is 0 Å². The smallest absolute Gasteiger partial charge is 0.118 e. The van der Waals surface area contributed by atoms with Gasteiger partial charge < -0.3 is 15.2 Å². The molecule has 0 bridgehead atoms. The van der Waals surface area contributed by atoms with Crippen LogP contribution in [0, 0.1) is 0 Å². The molecule has 1 atom stereocenters. The molecule has 2 N–H and O–H groups in total. The molecule has 0 radical (unpaired) electrons. The molecule has 0 saturated carbocycles. The maximum absolute atomic E-state index is 9.35. The van der Waals surface area contributed by atoms with E-state index in [0.29, 0.717) is 11.8 Å². The lowest BCUT2D eigenvalue weighted by molar-refractivity contribution is 0.414. The summed E-state index contributed by atoms with van der Waals surface area (Å²) < 4.78 is 5.16. The highest BCUT2D eigenvalue weighted by atomic mass is 16.5. The van der Waals surface area contributed by atoms with Crippen molar-refractivity contribution in [1.82, 2.24) is 5.32 Å². The molecule has 112 valence electrons. The predicted octanol–water partition coefficient (Wildman–Crippen LogP) is 3.68. The monoisotopic (exact) mass is 285 g/mol. The molecule has 0 aliphatic carbocycles.